The maximum Gasteiger partial charge on any atom is 0.241 e. The molecule has 0 fully saturated rings. The molecule has 0 amide bonds. The molecule has 0 aliphatic heterocycles. The maximum absolute atomic E-state index is 12.3. The average Bonchev–Trinajstić information content (AvgIpc) is 2.31. The summed E-state index contributed by atoms with van der Waals surface area (Å²) in [7, 11) is -1.82. The summed E-state index contributed by atoms with van der Waals surface area (Å²) in [4.78, 5) is 0.389. The van der Waals surface area contributed by atoms with Gasteiger partial charge in [-0.05, 0) is 31.9 Å². The van der Waals surface area contributed by atoms with Crippen LogP contribution in [0.1, 0.15) is 16.7 Å². The third kappa shape index (κ3) is 6.32. The number of methoxy groups -OCH3 is 1. The Bertz CT molecular complexity index is 524. The molecule has 0 aliphatic carbocycles. The summed E-state index contributed by atoms with van der Waals surface area (Å²) in [5.41, 5.74) is 2.63. The van der Waals surface area contributed by atoms with E-state index < -0.39 is 10.0 Å². The Hall–Kier alpha value is -0.660. The van der Waals surface area contributed by atoms with E-state index >= 15 is 0 Å². The van der Waals surface area contributed by atoms with Crippen LogP contribution in [-0.4, -0.2) is 41.8 Å². The van der Waals surface area contributed by atoms with Crippen molar-refractivity contribution in [3.63, 3.8) is 0 Å². The zero-order valence-corrected chi connectivity index (χ0v) is 14.7. The number of sulfonamides is 1. The van der Waals surface area contributed by atoms with Crippen LogP contribution in [0.4, 0.5) is 0 Å². The molecule has 1 rings (SSSR count). The van der Waals surface area contributed by atoms with Crippen molar-refractivity contribution in [1.29, 1.82) is 0 Å². The quantitative estimate of drug-likeness (QED) is 0.707. The van der Waals surface area contributed by atoms with Gasteiger partial charge in [0.15, 0.2) is 0 Å². The fourth-order valence-electron chi connectivity index (χ4n) is 2.24. The molecule has 1 aromatic rings. The van der Waals surface area contributed by atoms with E-state index in [4.69, 9.17) is 4.74 Å². The van der Waals surface area contributed by atoms with E-state index in [9.17, 15) is 8.42 Å². The predicted octanol–water partition coefficient (Wildman–Crippen LogP) is 1.55. The number of benzene rings is 1. The van der Waals surface area contributed by atoms with Gasteiger partial charge in [-0.25, -0.2) is 13.1 Å². The number of nitrogens with one attached hydrogen (secondary N) is 2. The molecule has 0 aliphatic rings. The van der Waals surface area contributed by atoms with Crippen molar-refractivity contribution in [2.75, 3.05) is 33.4 Å². The highest BCUT2D eigenvalue weighted by atomic mass is 35.5. The second kappa shape index (κ2) is 9.38. The van der Waals surface area contributed by atoms with E-state index in [0.717, 1.165) is 16.7 Å². The van der Waals surface area contributed by atoms with Gasteiger partial charge in [-0.1, -0.05) is 17.7 Å². The standard InChI is InChI=1S/C14H24N2O3S.ClH/c1-11-9-12(2)14(13(3)10-11)20(17,18)16-6-5-15-7-8-19-4;/h9-10,15-16H,5-8H2,1-4H3;1H. The van der Waals surface area contributed by atoms with Gasteiger partial charge < -0.3 is 10.1 Å². The summed E-state index contributed by atoms with van der Waals surface area (Å²) in [6.07, 6.45) is 0. The molecule has 0 atom stereocenters. The number of hydrogen-bond acceptors (Lipinski definition) is 4. The fourth-order valence-corrected chi connectivity index (χ4v) is 3.72. The molecule has 5 nitrogen and oxygen atoms in total. The van der Waals surface area contributed by atoms with Crippen molar-refractivity contribution in [2.24, 2.45) is 0 Å². The first-order valence-corrected chi connectivity index (χ1v) is 8.14. The summed E-state index contributed by atoms with van der Waals surface area (Å²) in [6.45, 7) is 7.87. The Balaban J connectivity index is 0.00000400. The second-order valence-electron chi connectivity index (χ2n) is 4.87. The summed E-state index contributed by atoms with van der Waals surface area (Å²) in [5.74, 6) is 0. The molecule has 122 valence electrons. The molecule has 0 saturated heterocycles. The van der Waals surface area contributed by atoms with Gasteiger partial charge in [0.2, 0.25) is 10.0 Å². The molecule has 2 N–H and O–H groups in total. The van der Waals surface area contributed by atoms with Crippen LogP contribution in [0.5, 0.6) is 0 Å². The minimum atomic E-state index is -3.45. The number of halogens is 1. The number of hydrogen-bond donors (Lipinski definition) is 2. The van der Waals surface area contributed by atoms with Crippen molar-refractivity contribution in [2.45, 2.75) is 25.7 Å². The highest BCUT2D eigenvalue weighted by molar-refractivity contribution is 7.89. The van der Waals surface area contributed by atoms with Gasteiger partial charge in [-0.3, -0.25) is 0 Å². The lowest BCUT2D eigenvalue weighted by atomic mass is 10.1. The third-order valence-electron chi connectivity index (χ3n) is 2.95. The van der Waals surface area contributed by atoms with Gasteiger partial charge in [0.25, 0.3) is 0 Å². The molecule has 0 aromatic heterocycles. The molecule has 0 unspecified atom stereocenters. The Morgan fingerprint density at radius 3 is 2.14 bits per heavy atom. The zero-order valence-electron chi connectivity index (χ0n) is 13.0. The SMILES string of the molecule is COCCNCCNS(=O)(=O)c1c(C)cc(C)cc1C.Cl. The number of rotatable bonds is 8. The third-order valence-corrected chi connectivity index (χ3v) is 4.72. The van der Waals surface area contributed by atoms with Crippen molar-refractivity contribution in [3.05, 3.63) is 28.8 Å². The lowest BCUT2D eigenvalue weighted by Crippen LogP contribution is -2.33. The zero-order chi connectivity index (χ0) is 15.2. The molecular formula is C14H25ClN2O3S. The van der Waals surface area contributed by atoms with Crippen molar-refractivity contribution < 1.29 is 13.2 Å². The van der Waals surface area contributed by atoms with Crippen molar-refractivity contribution in [3.8, 4) is 0 Å². The first kappa shape index (κ1) is 20.3. The van der Waals surface area contributed by atoms with Gasteiger partial charge in [-0.2, -0.15) is 0 Å². The van der Waals surface area contributed by atoms with Crippen LogP contribution in [0.2, 0.25) is 0 Å². The van der Waals surface area contributed by atoms with Gasteiger partial charge >= 0.3 is 0 Å². The van der Waals surface area contributed by atoms with Gasteiger partial charge in [-0.15, -0.1) is 12.4 Å². The smallest absolute Gasteiger partial charge is 0.241 e. The Morgan fingerprint density at radius 1 is 1.05 bits per heavy atom. The van der Waals surface area contributed by atoms with E-state index in [1.165, 1.54) is 0 Å². The number of ether oxygens (including phenoxy) is 1. The Morgan fingerprint density at radius 2 is 1.62 bits per heavy atom. The Kier molecular flexibility index (Phi) is 9.08. The van der Waals surface area contributed by atoms with Gasteiger partial charge in [0, 0.05) is 26.7 Å². The lowest BCUT2D eigenvalue weighted by Gasteiger charge is -2.13. The first-order chi connectivity index (χ1) is 9.38. The van der Waals surface area contributed by atoms with E-state index in [1.54, 1.807) is 7.11 Å². The molecule has 0 bridgehead atoms. The van der Waals surface area contributed by atoms with E-state index in [0.29, 0.717) is 31.1 Å². The topological polar surface area (TPSA) is 67.4 Å². The fraction of sp³-hybridized carbons (Fsp3) is 0.571. The molecule has 0 saturated carbocycles. The monoisotopic (exact) mass is 336 g/mol. The van der Waals surface area contributed by atoms with Crippen LogP contribution in [-0.2, 0) is 14.8 Å². The van der Waals surface area contributed by atoms with Gasteiger partial charge in [0.1, 0.15) is 0 Å². The molecular weight excluding hydrogens is 312 g/mol. The van der Waals surface area contributed by atoms with Crippen LogP contribution in [0.15, 0.2) is 17.0 Å². The second-order valence-corrected chi connectivity index (χ2v) is 6.57. The van der Waals surface area contributed by atoms with Crippen LogP contribution in [0.3, 0.4) is 0 Å². The van der Waals surface area contributed by atoms with Gasteiger partial charge in [0.05, 0.1) is 11.5 Å². The molecule has 0 heterocycles. The highest BCUT2D eigenvalue weighted by Crippen LogP contribution is 2.21. The maximum atomic E-state index is 12.3. The summed E-state index contributed by atoms with van der Waals surface area (Å²) < 4.78 is 32.1. The summed E-state index contributed by atoms with van der Waals surface area (Å²) in [6, 6.07) is 3.77. The summed E-state index contributed by atoms with van der Waals surface area (Å²) >= 11 is 0. The van der Waals surface area contributed by atoms with Crippen LogP contribution >= 0.6 is 12.4 Å². The molecule has 0 spiro atoms. The minimum Gasteiger partial charge on any atom is -0.383 e. The summed E-state index contributed by atoms with van der Waals surface area (Å²) in [5, 5.41) is 3.10. The first-order valence-electron chi connectivity index (χ1n) is 6.65. The number of aryl methyl sites for hydroxylation is 3. The van der Waals surface area contributed by atoms with Crippen molar-refractivity contribution >= 4 is 22.4 Å². The molecule has 21 heavy (non-hydrogen) atoms. The van der Waals surface area contributed by atoms with Crippen LogP contribution < -0.4 is 10.0 Å². The normalized spacial score (nSPS) is 11.2. The van der Waals surface area contributed by atoms with E-state index in [-0.39, 0.29) is 12.4 Å². The van der Waals surface area contributed by atoms with E-state index in [2.05, 4.69) is 10.0 Å². The molecule has 1 aromatic carbocycles. The average molecular weight is 337 g/mol. The lowest BCUT2D eigenvalue weighted by molar-refractivity contribution is 0.199. The minimum absolute atomic E-state index is 0. The molecule has 7 heteroatoms. The molecule has 0 radical (unpaired) electrons. The predicted molar refractivity (Wildman–Crippen MR) is 87.8 cm³/mol. The van der Waals surface area contributed by atoms with Crippen LogP contribution in [0.25, 0.3) is 0 Å². The highest BCUT2D eigenvalue weighted by Gasteiger charge is 2.18. The van der Waals surface area contributed by atoms with E-state index in [1.807, 2.05) is 32.9 Å². The van der Waals surface area contributed by atoms with Crippen molar-refractivity contribution in [1.82, 2.24) is 10.0 Å². The Labute approximate surface area is 133 Å². The largest absolute Gasteiger partial charge is 0.383 e. The van der Waals surface area contributed by atoms with Crippen LogP contribution in [0, 0.1) is 20.8 Å².